The number of rotatable bonds is 28. The molecule has 7 atom stereocenters. The molecule has 6 amide bonds. The quantitative estimate of drug-likeness (QED) is 0.0515. The molecule has 1 aliphatic rings. The fourth-order valence-corrected chi connectivity index (χ4v) is 6.81. The van der Waals surface area contributed by atoms with E-state index < -0.39 is 53.8 Å². The predicted molar refractivity (Wildman–Crippen MR) is 214 cm³/mol. The summed E-state index contributed by atoms with van der Waals surface area (Å²) >= 11 is 0. The molecule has 11 N–H and O–H groups in total. The lowest BCUT2D eigenvalue weighted by Gasteiger charge is -2.36. The van der Waals surface area contributed by atoms with E-state index in [1.165, 1.54) is 4.90 Å². The van der Waals surface area contributed by atoms with Gasteiger partial charge in [0.25, 0.3) is 0 Å². The van der Waals surface area contributed by atoms with Crippen molar-refractivity contribution in [1.29, 1.82) is 0 Å². The molecule has 16 heteroatoms. The van der Waals surface area contributed by atoms with Crippen LogP contribution in [-0.2, 0) is 33.5 Å². The number of unbranched alkanes of at least 4 members (excludes halogenated alkanes) is 3. The van der Waals surface area contributed by atoms with Crippen molar-refractivity contribution in [2.24, 2.45) is 40.9 Å². The van der Waals surface area contributed by atoms with Crippen LogP contribution in [0.15, 0.2) is 0 Å². The van der Waals surface area contributed by atoms with Crippen LogP contribution >= 0.6 is 0 Å². The smallest absolute Gasteiger partial charge is 0.243 e. The van der Waals surface area contributed by atoms with Gasteiger partial charge in [-0.25, -0.2) is 0 Å². The van der Waals surface area contributed by atoms with Crippen LogP contribution in [0.2, 0.25) is 0 Å². The monoisotopic (exact) mass is 782 g/mol. The number of primary amides is 1. The van der Waals surface area contributed by atoms with Gasteiger partial charge in [0.2, 0.25) is 35.4 Å². The first-order chi connectivity index (χ1) is 26.1. The number of hydrogen-bond donors (Lipinski definition) is 8. The van der Waals surface area contributed by atoms with Crippen LogP contribution in [0.4, 0.5) is 0 Å². The van der Waals surface area contributed by atoms with Gasteiger partial charge in [0.15, 0.2) is 0 Å². The Kier molecular flexibility index (Phi) is 24.7. The number of carbonyl (C=O) groups is 6. The predicted octanol–water partition coefficient (Wildman–Crippen LogP) is 0.650. The van der Waals surface area contributed by atoms with Crippen LogP contribution in [0, 0.1) is 23.7 Å². The van der Waals surface area contributed by atoms with Gasteiger partial charge >= 0.3 is 0 Å². The highest BCUT2D eigenvalue weighted by molar-refractivity contribution is 5.94. The first-order valence-electron chi connectivity index (χ1n) is 20.5. The number of nitrogens with zero attached hydrogens (tertiary/aromatic N) is 1. The number of carbonyl (C=O) groups excluding carboxylic acids is 6. The fourth-order valence-electron chi connectivity index (χ4n) is 6.81. The lowest BCUT2D eigenvalue weighted by atomic mass is 9.83. The van der Waals surface area contributed by atoms with E-state index in [2.05, 4.69) is 33.5 Å². The summed E-state index contributed by atoms with van der Waals surface area (Å²) in [4.78, 5) is 80.1. The molecule has 0 bridgehead atoms. The maximum atomic E-state index is 14.2. The van der Waals surface area contributed by atoms with E-state index >= 15 is 0 Å². The molecule has 16 nitrogen and oxygen atoms in total. The van der Waals surface area contributed by atoms with Crippen molar-refractivity contribution < 1.29 is 33.5 Å². The summed E-state index contributed by atoms with van der Waals surface area (Å²) in [6.45, 7) is 12.7. The first kappa shape index (κ1) is 49.7. The molecule has 0 radical (unpaired) electrons. The van der Waals surface area contributed by atoms with Crippen LogP contribution in [0.1, 0.15) is 112 Å². The lowest BCUT2D eigenvalue weighted by Crippen LogP contribution is -2.60. The van der Waals surface area contributed by atoms with E-state index in [0.29, 0.717) is 25.9 Å². The van der Waals surface area contributed by atoms with Gasteiger partial charge in [-0.2, -0.15) is 0 Å². The van der Waals surface area contributed by atoms with Gasteiger partial charge in [0.1, 0.15) is 18.1 Å². The number of amides is 6. The molecule has 0 aliphatic heterocycles. The van der Waals surface area contributed by atoms with Gasteiger partial charge in [-0.05, 0) is 44.4 Å². The third-order valence-electron chi connectivity index (χ3n) is 10.3. The Morgan fingerprint density at radius 2 is 1.53 bits per heavy atom. The Morgan fingerprint density at radius 3 is 2.11 bits per heavy atom. The zero-order valence-electron chi connectivity index (χ0n) is 34.8. The number of likely N-dealkylation sites (N-methyl/N-ethyl adjacent to an activating group) is 1. The zero-order chi connectivity index (χ0) is 41.5. The standard InChI is InChI=1S/C39H75N9O7/c1-8-9-10-14-17-32(55-24-27(5)45-36(51)26(4)22-44-33(49)23-43-19-18-40)28(6)39(54)48(7)31(20-25(2)3)37(52)47-34(29-15-12-11-13-16-29)38(53)46-30(21-41)35(42)50/h25-32,34,43H,8-24,40-41H2,1-7H3,(H2,42,50)(H,44,49)(H,45,51)(H,46,53)(H,47,52)/t26-,27+,28+,30-,31-,32+,34-/m0/s1. The van der Waals surface area contributed by atoms with Crippen LogP contribution < -0.4 is 43.8 Å². The molecule has 1 fully saturated rings. The fraction of sp³-hybridized carbons (Fsp3) is 0.846. The zero-order valence-corrected chi connectivity index (χ0v) is 34.8. The van der Waals surface area contributed by atoms with E-state index in [1.807, 2.05) is 20.8 Å². The molecular formula is C39H75N9O7. The summed E-state index contributed by atoms with van der Waals surface area (Å²) in [5.74, 6) is -3.61. The Hall–Kier alpha value is -3.34. The minimum absolute atomic E-state index is 0.0498. The van der Waals surface area contributed by atoms with E-state index in [4.69, 9.17) is 21.9 Å². The van der Waals surface area contributed by atoms with Crippen LogP contribution in [0.3, 0.4) is 0 Å². The average Bonchev–Trinajstić information content (AvgIpc) is 3.15. The van der Waals surface area contributed by atoms with Crippen molar-refractivity contribution >= 4 is 35.4 Å². The minimum Gasteiger partial charge on any atom is -0.375 e. The normalized spacial score (nSPS) is 17.2. The van der Waals surface area contributed by atoms with E-state index in [9.17, 15) is 28.8 Å². The molecule has 0 unspecified atom stereocenters. The van der Waals surface area contributed by atoms with Crippen LogP contribution in [0.5, 0.6) is 0 Å². The highest BCUT2D eigenvalue weighted by Crippen LogP contribution is 2.28. The number of nitrogens with two attached hydrogens (primary N) is 3. The molecule has 1 saturated carbocycles. The third kappa shape index (κ3) is 18.9. The summed E-state index contributed by atoms with van der Waals surface area (Å²) in [5.41, 5.74) is 16.6. The molecule has 0 saturated heterocycles. The number of ether oxygens (including phenoxy) is 1. The largest absolute Gasteiger partial charge is 0.375 e. The van der Waals surface area contributed by atoms with Crippen LogP contribution in [0.25, 0.3) is 0 Å². The SMILES string of the molecule is CCCCCC[C@@H](OC[C@@H](C)NC(=O)[C@@H](C)CNC(=O)CNCCN)[C@@H](C)C(=O)N(C)[C@@H](CC(C)C)C(=O)N[C@H](C(=O)N[C@@H](CN)C(N)=O)C1CCCCC1. The summed E-state index contributed by atoms with van der Waals surface area (Å²) in [5, 5.41) is 14.2. The van der Waals surface area contributed by atoms with E-state index in [0.717, 1.165) is 57.8 Å². The highest BCUT2D eigenvalue weighted by Gasteiger charge is 2.38. The summed E-state index contributed by atoms with van der Waals surface area (Å²) in [7, 11) is 1.62. The molecule has 55 heavy (non-hydrogen) atoms. The summed E-state index contributed by atoms with van der Waals surface area (Å²) in [6.07, 6.45) is 8.78. The third-order valence-corrected chi connectivity index (χ3v) is 10.3. The van der Waals surface area contributed by atoms with Crippen molar-refractivity contribution in [1.82, 2.24) is 31.5 Å². The molecule has 0 aromatic carbocycles. The molecule has 318 valence electrons. The van der Waals surface area contributed by atoms with Gasteiger partial charge in [-0.1, -0.05) is 79.6 Å². The van der Waals surface area contributed by atoms with Crippen molar-refractivity contribution in [3.8, 4) is 0 Å². The van der Waals surface area contributed by atoms with Gasteiger partial charge < -0.3 is 53.4 Å². The Balaban J connectivity index is 3.10. The average molecular weight is 782 g/mol. The molecular weight excluding hydrogens is 706 g/mol. The van der Waals surface area contributed by atoms with E-state index in [1.54, 1.807) is 20.9 Å². The second-order valence-electron chi connectivity index (χ2n) is 15.8. The summed E-state index contributed by atoms with van der Waals surface area (Å²) < 4.78 is 6.36. The van der Waals surface area contributed by atoms with Crippen molar-refractivity contribution in [3.63, 3.8) is 0 Å². The molecule has 0 aromatic heterocycles. The van der Waals surface area contributed by atoms with Gasteiger partial charge in [0, 0.05) is 39.3 Å². The van der Waals surface area contributed by atoms with Crippen molar-refractivity contribution in [2.45, 2.75) is 142 Å². The second-order valence-corrected chi connectivity index (χ2v) is 15.8. The second kappa shape index (κ2) is 27.3. The number of hydrogen-bond acceptors (Lipinski definition) is 10. The molecule has 0 aromatic rings. The molecule has 0 heterocycles. The Morgan fingerprint density at radius 1 is 0.855 bits per heavy atom. The summed E-state index contributed by atoms with van der Waals surface area (Å²) in [6, 6.07) is -3.22. The molecule has 1 rings (SSSR count). The van der Waals surface area contributed by atoms with E-state index in [-0.39, 0.29) is 61.8 Å². The van der Waals surface area contributed by atoms with Crippen molar-refractivity contribution in [3.05, 3.63) is 0 Å². The van der Waals surface area contributed by atoms with Gasteiger partial charge in [-0.3, -0.25) is 28.8 Å². The highest BCUT2D eigenvalue weighted by atomic mass is 16.5. The van der Waals surface area contributed by atoms with Gasteiger partial charge in [0.05, 0.1) is 31.1 Å². The molecule has 1 aliphatic carbocycles. The molecule has 0 spiro atoms. The maximum absolute atomic E-state index is 14.2. The number of nitrogens with one attached hydrogen (secondary N) is 5. The topological polar surface area (TPSA) is 253 Å². The maximum Gasteiger partial charge on any atom is 0.243 e. The van der Waals surface area contributed by atoms with Crippen LogP contribution in [-0.4, -0.2) is 117 Å². The van der Waals surface area contributed by atoms with Gasteiger partial charge in [-0.15, -0.1) is 0 Å². The Bertz CT molecular complexity index is 1180. The minimum atomic E-state index is -1.07. The van der Waals surface area contributed by atoms with Crippen molar-refractivity contribution in [2.75, 3.05) is 46.4 Å². The first-order valence-corrected chi connectivity index (χ1v) is 20.5. The Labute approximate surface area is 329 Å². The lowest BCUT2D eigenvalue weighted by molar-refractivity contribution is -0.147.